The van der Waals surface area contributed by atoms with Crippen LogP contribution in [-0.2, 0) is 6.54 Å². The summed E-state index contributed by atoms with van der Waals surface area (Å²) in [7, 11) is 0. The Morgan fingerprint density at radius 1 is 1.11 bits per heavy atom. The molecular weight excluding hydrogens is 344 g/mol. The van der Waals surface area contributed by atoms with Crippen molar-refractivity contribution in [3.05, 3.63) is 102 Å². The third-order valence-corrected chi connectivity index (χ3v) is 4.49. The van der Waals surface area contributed by atoms with Crippen LogP contribution in [0.1, 0.15) is 25.0 Å². The smallest absolute Gasteiger partial charge is 0.227 e. The second kappa shape index (κ2) is 8.91. The van der Waals surface area contributed by atoms with Gasteiger partial charge in [0.1, 0.15) is 0 Å². The Balaban J connectivity index is 2.12. The number of anilines is 1. The number of rotatable bonds is 6. The maximum Gasteiger partial charge on any atom is 0.227 e. The Hall–Kier alpha value is -3.53. The molecular formula is C24H24N4. The molecule has 0 spiro atoms. The van der Waals surface area contributed by atoms with E-state index in [1.807, 2.05) is 50.4 Å². The Bertz CT molecular complexity index is 1020. The molecule has 2 aromatic rings. The van der Waals surface area contributed by atoms with Gasteiger partial charge in [-0.25, -0.2) is 9.97 Å². The lowest BCUT2D eigenvalue weighted by Crippen LogP contribution is -2.06. The molecule has 4 nitrogen and oxygen atoms in total. The minimum atomic E-state index is 0.525. The summed E-state index contributed by atoms with van der Waals surface area (Å²) >= 11 is 0. The van der Waals surface area contributed by atoms with Gasteiger partial charge in [-0.1, -0.05) is 67.8 Å². The predicted octanol–water partition coefficient (Wildman–Crippen LogP) is 5.64. The van der Waals surface area contributed by atoms with Crippen LogP contribution in [0.2, 0.25) is 0 Å². The number of allylic oxidation sites excluding steroid dienone is 7. The highest BCUT2D eigenvalue weighted by atomic mass is 15.1. The normalized spacial score (nSPS) is 14.0. The topological polar surface area (TPSA) is 50.2 Å². The van der Waals surface area contributed by atoms with Crippen LogP contribution >= 0.6 is 0 Å². The van der Waals surface area contributed by atoms with Gasteiger partial charge >= 0.3 is 0 Å². The van der Waals surface area contributed by atoms with Gasteiger partial charge in [-0.3, -0.25) is 4.99 Å². The molecule has 0 radical (unpaired) electrons. The van der Waals surface area contributed by atoms with Crippen molar-refractivity contribution in [3.63, 3.8) is 0 Å². The van der Waals surface area contributed by atoms with Crippen LogP contribution in [0.3, 0.4) is 0 Å². The summed E-state index contributed by atoms with van der Waals surface area (Å²) in [6.07, 6.45) is 13.3. The molecule has 1 aromatic carbocycles. The number of nitrogens with one attached hydrogen (secondary N) is 1. The Labute approximate surface area is 166 Å². The van der Waals surface area contributed by atoms with Crippen molar-refractivity contribution in [2.24, 2.45) is 4.99 Å². The van der Waals surface area contributed by atoms with Crippen molar-refractivity contribution in [3.8, 4) is 11.3 Å². The van der Waals surface area contributed by atoms with Crippen molar-refractivity contribution in [2.75, 3.05) is 5.32 Å². The molecule has 1 aliphatic rings. The minimum absolute atomic E-state index is 0.525. The summed E-state index contributed by atoms with van der Waals surface area (Å²) in [5.41, 5.74) is 6.86. The Kier molecular flexibility index (Phi) is 6.12. The van der Waals surface area contributed by atoms with Crippen molar-refractivity contribution in [1.29, 1.82) is 0 Å². The number of fused-ring (bicyclic) bond motifs is 3. The molecule has 0 fully saturated rings. The fourth-order valence-electron chi connectivity index (χ4n) is 3.06. The summed E-state index contributed by atoms with van der Waals surface area (Å²) in [6.45, 7) is 12.1. The number of benzene rings is 1. The summed E-state index contributed by atoms with van der Waals surface area (Å²) in [4.78, 5) is 14.1. The summed E-state index contributed by atoms with van der Waals surface area (Å²) in [6, 6.07) is 8.22. The van der Waals surface area contributed by atoms with E-state index in [2.05, 4.69) is 41.7 Å². The molecule has 0 amide bonds. The molecule has 3 rings (SSSR count). The van der Waals surface area contributed by atoms with Crippen molar-refractivity contribution in [1.82, 2.24) is 9.97 Å². The van der Waals surface area contributed by atoms with E-state index in [1.54, 1.807) is 12.2 Å². The second-order valence-corrected chi connectivity index (χ2v) is 6.19. The zero-order chi connectivity index (χ0) is 19.9. The van der Waals surface area contributed by atoms with Crippen LogP contribution in [0.5, 0.6) is 0 Å². The first kappa shape index (κ1) is 19.2. The molecule has 0 bridgehead atoms. The Morgan fingerprint density at radius 3 is 2.57 bits per heavy atom. The van der Waals surface area contributed by atoms with E-state index in [0.717, 1.165) is 39.4 Å². The number of aromatic nitrogens is 2. The van der Waals surface area contributed by atoms with Crippen LogP contribution in [0, 0.1) is 0 Å². The summed E-state index contributed by atoms with van der Waals surface area (Å²) in [5, 5.41) is 3.20. The quantitative estimate of drug-likeness (QED) is 0.672. The number of hydrogen-bond donors (Lipinski definition) is 1. The first-order valence-electron chi connectivity index (χ1n) is 9.23. The molecule has 1 aromatic heterocycles. The van der Waals surface area contributed by atoms with Gasteiger partial charge in [-0.2, -0.15) is 0 Å². The molecule has 140 valence electrons. The fraction of sp³-hybridized carbons (Fsp3) is 0.125. The van der Waals surface area contributed by atoms with Crippen LogP contribution in [0.25, 0.3) is 11.3 Å². The van der Waals surface area contributed by atoms with Gasteiger partial charge in [0.2, 0.25) is 5.95 Å². The SMILES string of the molecule is C=C/C=C\C(=C/C)C1=NCc2cnc(N/C(C=C)=C/C)nc2-c2ccccc21. The van der Waals surface area contributed by atoms with E-state index in [0.29, 0.717) is 12.5 Å². The van der Waals surface area contributed by atoms with Gasteiger partial charge in [0, 0.05) is 28.6 Å². The number of nitrogens with zero attached hydrogens (tertiary/aromatic N) is 3. The minimum Gasteiger partial charge on any atom is -0.325 e. The fourth-order valence-corrected chi connectivity index (χ4v) is 3.06. The number of hydrogen-bond acceptors (Lipinski definition) is 4. The zero-order valence-electron chi connectivity index (χ0n) is 16.3. The van der Waals surface area contributed by atoms with Crippen molar-refractivity contribution < 1.29 is 0 Å². The molecule has 1 aliphatic heterocycles. The van der Waals surface area contributed by atoms with Crippen LogP contribution < -0.4 is 5.32 Å². The molecule has 2 heterocycles. The molecule has 0 atom stereocenters. The van der Waals surface area contributed by atoms with Gasteiger partial charge in [-0.05, 0) is 25.5 Å². The van der Waals surface area contributed by atoms with E-state index < -0.39 is 0 Å². The van der Waals surface area contributed by atoms with Crippen LogP contribution in [-0.4, -0.2) is 15.7 Å². The van der Waals surface area contributed by atoms with Gasteiger partial charge in [0.15, 0.2) is 0 Å². The zero-order valence-corrected chi connectivity index (χ0v) is 16.3. The molecule has 1 N–H and O–H groups in total. The van der Waals surface area contributed by atoms with Crippen molar-refractivity contribution >= 4 is 11.7 Å². The van der Waals surface area contributed by atoms with E-state index in [4.69, 9.17) is 9.98 Å². The molecule has 0 unspecified atom stereocenters. The molecule has 0 saturated carbocycles. The van der Waals surface area contributed by atoms with Gasteiger partial charge in [0.05, 0.1) is 18.0 Å². The third kappa shape index (κ3) is 3.91. The number of aliphatic imine (C=N–C) groups is 1. The molecule has 0 saturated heterocycles. The highest BCUT2D eigenvalue weighted by molar-refractivity contribution is 6.18. The highest BCUT2D eigenvalue weighted by Crippen LogP contribution is 2.32. The lowest BCUT2D eigenvalue weighted by Gasteiger charge is -2.12. The second-order valence-electron chi connectivity index (χ2n) is 6.19. The monoisotopic (exact) mass is 368 g/mol. The summed E-state index contributed by atoms with van der Waals surface area (Å²) in [5.74, 6) is 0.544. The predicted molar refractivity (Wildman–Crippen MR) is 118 cm³/mol. The molecule has 4 heteroatoms. The average molecular weight is 368 g/mol. The average Bonchev–Trinajstić information content (AvgIpc) is 2.90. The third-order valence-electron chi connectivity index (χ3n) is 4.49. The van der Waals surface area contributed by atoms with Crippen LogP contribution in [0.15, 0.2) is 96.3 Å². The largest absolute Gasteiger partial charge is 0.325 e. The van der Waals surface area contributed by atoms with Gasteiger partial charge < -0.3 is 5.32 Å². The van der Waals surface area contributed by atoms with Crippen LogP contribution in [0.4, 0.5) is 5.95 Å². The van der Waals surface area contributed by atoms with E-state index >= 15 is 0 Å². The van der Waals surface area contributed by atoms with E-state index in [-0.39, 0.29) is 0 Å². The molecule has 28 heavy (non-hydrogen) atoms. The molecule has 0 aliphatic carbocycles. The van der Waals surface area contributed by atoms with E-state index in [9.17, 15) is 0 Å². The lowest BCUT2D eigenvalue weighted by molar-refractivity contribution is 1.02. The first-order chi connectivity index (χ1) is 13.7. The highest BCUT2D eigenvalue weighted by Gasteiger charge is 2.20. The Morgan fingerprint density at radius 2 is 1.89 bits per heavy atom. The van der Waals surface area contributed by atoms with Gasteiger partial charge in [-0.15, -0.1) is 0 Å². The lowest BCUT2D eigenvalue weighted by atomic mass is 9.95. The van der Waals surface area contributed by atoms with E-state index in [1.165, 1.54) is 0 Å². The first-order valence-corrected chi connectivity index (χ1v) is 9.23. The standard InChI is InChI=1S/C24H24N4/c1-5-9-12-17(6-2)22-20-13-10-11-14-21(20)23-18(15-25-22)16-26-24(28-23)27-19(7-3)8-4/h5-14,16H,1,3,15H2,2,4H3,(H,26,27,28)/b12-9-,17-6+,19-8+. The summed E-state index contributed by atoms with van der Waals surface area (Å²) < 4.78 is 0. The van der Waals surface area contributed by atoms with Gasteiger partial charge in [0.25, 0.3) is 0 Å². The van der Waals surface area contributed by atoms with Crippen molar-refractivity contribution in [2.45, 2.75) is 20.4 Å². The maximum absolute atomic E-state index is 4.89. The maximum atomic E-state index is 4.89.